The molecule has 0 saturated carbocycles. The van der Waals surface area contributed by atoms with E-state index in [1.165, 1.54) is 6.08 Å². The van der Waals surface area contributed by atoms with Crippen molar-refractivity contribution < 1.29 is 33.4 Å². The summed E-state index contributed by atoms with van der Waals surface area (Å²) in [5.74, 6) is -0.988. The van der Waals surface area contributed by atoms with Crippen molar-refractivity contribution in [2.24, 2.45) is 11.7 Å². The van der Waals surface area contributed by atoms with Gasteiger partial charge in [-0.2, -0.15) is 0 Å². The van der Waals surface area contributed by atoms with Gasteiger partial charge < -0.3 is 19.9 Å². The Morgan fingerprint density at radius 3 is 2.57 bits per heavy atom. The van der Waals surface area contributed by atoms with E-state index in [0.717, 1.165) is 16.7 Å². The highest BCUT2D eigenvalue weighted by Crippen LogP contribution is 2.34. The Morgan fingerprint density at radius 1 is 1.20 bits per heavy atom. The summed E-state index contributed by atoms with van der Waals surface area (Å²) in [4.78, 5) is 48.5. The van der Waals surface area contributed by atoms with Crippen molar-refractivity contribution in [2.45, 2.75) is 20.8 Å². The van der Waals surface area contributed by atoms with Crippen molar-refractivity contribution in [1.82, 2.24) is 4.90 Å². The molecule has 3 amide bonds. The van der Waals surface area contributed by atoms with Crippen LogP contribution in [0.4, 0.5) is 4.79 Å². The Balaban J connectivity index is 2.14. The average Bonchev–Trinajstić information content (AvgIpc) is 2.93. The second kappa shape index (κ2) is 10.7. The van der Waals surface area contributed by atoms with Crippen LogP contribution in [0, 0.1) is 5.92 Å². The van der Waals surface area contributed by atoms with Gasteiger partial charge in [-0.3, -0.25) is 24.1 Å². The molecule has 0 atom stereocenters. The maximum atomic E-state index is 12.5. The molecule has 0 spiro atoms. The van der Waals surface area contributed by atoms with Crippen molar-refractivity contribution >= 4 is 40.9 Å². The number of nitrogens with zero attached hydrogens (tertiary/aromatic N) is 1. The maximum Gasteiger partial charge on any atom is 0.326 e. The van der Waals surface area contributed by atoms with E-state index in [0.29, 0.717) is 23.7 Å². The number of benzene rings is 1. The van der Waals surface area contributed by atoms with Crippen LogP contribution in [-0.4, -0.2) is 54.3 Å². The van der Waals surface area contributed by atoms with Gasteiger partial charge in [0.2, 0.25) is 0 Å². The summed E-state index contributed by atoms with van der Waals surface area (Å²) in [6.45, 7) is 5.40. The molecule has 2 N–H and O–H groups in total. The first-order valence-electron chi connectivity index (χ1n) is 9.30. The molecule has 1 heterocycles. The van der Waals surface area contributed by atoms with Crippen LogP contribution >= 0.6 is 11.8 Å². The molecule has 0 radical (unpaired) electrons. The predicted octanol–water partition coefficient (Wildman–Crippen LogP) is 2.18. The van der Waals surface area contributed by atoms with Crippen LogP contribution < -0.4 is 15.2 Å². The monoisotopic (exact) mass is 436 g/mol. The summed E-state index contributed by atoms with van der Waals surface area (Å²) in [5, 5.41) is -0.542. The summed E-state index contributed by atoms with van der Waals surface area (Å²) in [5.41, 5.74) is 5.67. The number of amides is 3. The molecule has 1 aromatic rings. The lowest BCUT2D eigenvalue weighted by Crippen LogP contribution is -2.34. The Kier molecular flexibility index (Phi) is 8.28. The minimum atomic E-state index is -0.637. The molecule has 0 bridgehead atoms. The Morgan fingerprint density at radius 2 is 1.93 bits per heavy atom. The molecule has 0 unspecified atom stereocenters. The number of ether oxygens (including phenoxy) is 3. The van der Waals surface area contributed by atoms with Crippen molar-refractivity contribution in [3.05, 3.63) is 28.7 Å². The van der Waals surface area contributed by atoms with Gasteiger partial charge in [-0.25, -0.2) is 0 Å². The van der Waals surface area contributed by atoms with Crippen LogP contribution in [0.25, 0.3) is 6.08 Å². The van der Waals surface area contributed by atoms with Gasteiger partial charge in [0.1, 0.15) is 6.54 Å². The standard InChI is InChI=1S/C20H24N2O7S/c1-4-27-15-7-13(5-6-14(15)28-11-17(21)23)8-16-19(25)22(20(26)30-16)9-18(24)29-10-12(2)3/h5-8,12H,4,9-11H2,1-3H3,(H2,21,23)/b16-8-. The molecule has 162 valence electrons. The number of thioether (sulfide) groups is 1. The minimum Gasteiger partial charge on any atom is -0.490 e. The Bertz CT molecular complexity index is 867. The van der Waals surface area contributed by atoms with Gasteiger partial charge >= 0.3 is 5.97 Å². The third kappa shape index (κ3) is 6.51. The predicted molar refractivity (Wildman–Crippen MR) is 111 cm³/mol. The number of hydrogen-bond acceptors (Lipinski definition) is 8. The fourth-order valence-corrected chi connectivity index (χ4v) is 3.21. The second-order valence-corrected chi connectivity index (χ2v) is 7.73. The second-order valence-electron chi connectivity index (χ2n) is 6.74. The summed E-state index contributed by atoms with van der Waals surface area (Å²) >= 11 is 0.738. The van der Waals surface area contributed by atoms with Gasteiger partial charge in [0.15, 0.2) is 18.1 Å². The molecular formula is C20H24N2O7S. The van der Waals surface area contributed by atoms with Crippen molar-refractivity contribution in [3.8, 4) is 11.5 Å². The number of carbonyl (C=O) groups excluding carboxylic acids is 4. The van der Waals surface area contributed by atoms with E-state index in [9.17, 15) is 19.2 Å². The van der Waals surface area contributed by atoms with Crippen LogP contribution in [0.15, 0.2) is 23.1 Å². The maximum absolute atomic E-state index is 12.5. The molecule has 1 saturated heterocycles. The van der Waals surface area contributed by atoms with E-state index in [4.69, 9.17) is 19.9 Å². The van der Waals surface area contributed by atoms with Crippen LogP contribution in [-0.2, 0) is 19.1 Å². The van der Waals surface area contributed by atoms with Crippen molar-refractivity contribution in [2.75, 3.05) is 26.4 Å². The highest BCUT2D eigenvalue weighted by atomic mass is 32.2. The quantitative estimate of drug-likeness (QED) is 0.437. The molecule has 2 rings (SSSR count). The SMILES string of the molecule is CCOc1cc(/C=C2\SC(=O)N(CC(=O)OCC(C)C)C2=O)ccc1OCC(N)=O. The molecule has 1 fully saturated rings. The molecule has 30 heavy (non-hydrogen) atoms. The van der Waals surface area contributed by atoms with Crippen LogP contribution in [0.1, 0.15) is 26.3 Å². The van der Waals surface area contributed by atoms with Gasteiger partial charge in [-0.15, -0.1) is 0 Å². The number of nitrogens with two attached hydrogens (primary N) is 1. The van der Waals surface area contributed by atoms with Gasteiger partial charge in [0.05, 0.1) is 18.1 Å². The normalized spacial score (nSPS) is 15.1. The van der Waals surface area contributed by atoms with E-state index in [1.807, 2.05) is 13.8 Å². The number of carbonyl (C=O) groups is 4. The highest BCUT2D eigenvalue weighted by molar-refractivity contribution is 8.18. The molecule has 9 nitrogen and oxygen atoms in total. The van der Waals surface area contributed by atoms with E-state index in [-0.39, 0.29) is 24.0 Å². The summed E-state index contributed by atoms with van der Waals surface area (Å²) in [7, 11) is 0. The lowest BCUT2D eigenvalue weighted by molar-refractivity contribution is -0.147. The van der Waals surface area contributed by atoms with E-state index in [1.54, 1.807) is 25.1 Å². The van der Waals surface area contributed by atoms with Crippen LogP contribution in [0.2, 0.25) is 0 Å². The first-order valence-corrected chi connectivity index (χ1v) is 10.1. The zero-order valence-electron chi connectivity index (χ0n) is 17.0. The summed E-state index contributed by atoms with van der Waals surface area (Å²) < 4.78 is 15.8. The largest absolute Gasteiger partial charge is 0.490 e. The van der Waals surface area contributed by atoms with E-state index < -0.39 is 29.6 Å². The molecule has 1 aromatic carbocycles. The Labute approximate surface area is 178 Å². The zero-order chi connectivity index (χ0) is 22.3. The number of imide groups is 1. The number of hydrogen-bond donors (Lipinski definition) is 1. The first kappa shape index (κ1) is 23.3. The molecule has 1 aliphatic rings. The smallest absolute Gasteiger partial charge is 0.326 e. The molecule has 0 aromatic heterocycles. The van der Waals surface area contributed by atoms with Crippen molar-refractivity contribution in [1.29, 1.82) is 0 Å². The van der Waals surface area contributed by atoms with E-state index in [2.05, 4.69) is 0 Å². The molecule has 10 heteroatoms. The average molecular weight is 436 g/mol. The number of esters is 1. The fourth-order valence-electron chi connectivity index (χ4n) is 2.37. The lowest BCUT2D eigenvalue weighted by atomic mass is 10.2. The third-order valence-electron chi connectivity index (χ3n) is 3.67. The first-order chi connectivity index (χ1) is 14.2. The zero-order valence-corrected chi connectivity index (χ0v) is 17.8. The van der Waals surface area contributed by atoms with Gasteiger partial charge in [-0.05, 0) is 48.4 Å². The highest BCUT2D eigenvalue weighted by Gasteiger charge is 2.36. The third-order valence-corrected chi connectivity index (χ3v) is 4.58. The number of primary amides is 1. The molecule has 1 aliphatic heterocycles. The molecule has 0 aliphatic carbocycles. The Hall–Kier alpha value is -3.01. The summed E-state index contributed by atoms with van der Waals surface area (Å²) in [6, 6.07) is 4.84. The van der Waals surface area contributed by atoms with Crippen LogP contribution in [0.3, 0.4) is 0 Å². The topological polar surface area (TPSA) is 125 Å². The van der Waals surface area contributed by atoms with Gasteiger partial charge in [0.25, 0.3) is 17.1 Å². The van der Waals surface area contributed by atoms with Gasteiger partial charge in [-0.1, -0.05) is 19.9 Å². The van der Waals surface area contributed by atoms with E-state index >= 15 is 0 Å². The van der Waals surface area contributed by atoms with Crippen molar-refractivity contribution in [3.63, 3.8) is 0 Å². The van der Waals surface area contributed by atoms with Gasteiger partial charge in [0, 0.05) is 0 Å². The lowest BCUT2D eigenvalue weighted by Gasteiger charge is -2.13. The van der Waals surface area contributed by atoms with Crippen LogP contribution in [0.5, 0.6) is 11.5 Å². The number of rotatable bonds is 10. The molecular weight excluding hydrogens is 412 g/mol. The summed E-state index contributed by atoms with van der Waals surface area (Å²) in [6.07, 6.45) is 1.52. The fraction of sp³-hybridized carbons (Fsp3) is 0.400. The minimum absolute atomic E-state index is 0.151.